The Morgan fingerprint density at radius 2 is 1.56 bits per heavy atom. The summed E-state index contributed by atoms with van der Waals surface area (Å²) in [5.74, 6) is 0. The summed E-state index contributed by atoms with van der Waals surface area (Å²) in [6, 6.07) is 15.2. The van der Waals surface area contributed by atoms with Crippen LogP contribution in [0.4, 0.5) is 13.2 Å². The maximum atomic E-state index is 12.3. The van der Waals surface area contributed by atoms with E-state index in [1.807, 2.05) is 18.2 Å². The van der Waals surface area contributed by atoms with Gasteiger partial charge < -0.3 is 0 Å². The molecule has 0 saturated carbocycles. The summed E-state index contributed by atoms with van der Waals surface area (Å²) in [6.45, 7) is 0. The molecule has 0 aromatic heterocycles. The van der Waals surface area contributed by atoms with E-state index in [0.717, 1.165) is 23.3 Å². The van der Waals surface area contributed by atoms with Crippen LogP contribution in [0.5, 0.6) is 0 Å². The highest BCUT2D eigenvalue weighted by Gasteiger charge is 2.29. The Balaban J connectivity index is 2.34. The molecule has 0 aliphatic rings. The van der Waals surface area contributed by atoms with Gasteiger partial charge in [-0.2, -0.15) is 13.2 Å². The van der Waals surface area contributed by atoms with Gasteiger partial charge in [-0.15, -0.1) is 0 Å². The highest BCUT2D eigenvalue weighted by Crippen LogP contribution is 2.30. The lowest BCUT2D eigenvalue weighted by atomic mass is 10.0. The Hall–Kier alpha value is -1.77. The summed E-state index contributed by atoms with van der Waals surface area (Å²) in [4.78, 5) is 0. The molecule has 0 nitrogen and oxygen atoms in total. The van der Waals surface area contributed by atoms with Crippen molar-refractivity contribution in [1.29, 1.82) is 0 Å². The normalized spacial score (nSPS) is 11.4. The summed E-state index contributed by atoms with van der Waals surface area (Å²) in [6.07, 6.45) is -4.28. The van der Waals surface area contributed by atoms with Crippen LogP contribution < -0.4 is 0 Å². The van der Waals surface area contributed by atoms with Crippen LogP contribution >= 0.6 is 0 Å². The van der Waals surface area contributed by atoms with Crippen LogP contribution in [0.1, 0.15) is 5.56 Å². The van der Waals surface area contributed by atoms with Gasteiger partial charge in [-0.05, 0) is 29.3 Å². The van der Waals surface area contributed by atoms with Crippen LogP contribution in [0.2, 0.25) is 0 Å². The third-order valence-corrected chi connectivity index (χ3v) is 2.23. The van der Waals surface area contributed by atoms with Crippen molar-refractivity contribution in [3.8, 4) is 11.1 Å². The van der Waals surface area contributed by atoms with Crippen LogP contribution in [-0.4, -0.2) is 0 Å². The molecule has 0 spiro atoms. The number of hydrogen-bond donors (Lipinski definition) is 0. The number of alkyl halides is 3. The molecule has 2 aromatic carbocycles. The smallest absolute Gasteiger partial charge is 0.166 e. The van der Waals surface area contributed by atoms with Crippen molar-refractivity contribution in [3.63, 3.8) is 0 Å². The molecule has 0 amide bonds. The fraction of sp³-hybridized carbons (Fsp3) is 0.0769. The molecule has 0 bridgehead atoms. The Kier molecular flexibility index (Phi) is 2.69. The molecular formula is C13H8F3. The first-order valence-electron chi connectivity index (χ1n) is 4.72. The predicted octanol–water partition coefficient (Wildman–Crippen LogP) is 4.17. The standard InChI is InChI=1S/C13H8F3/c14-13(15,16)12-8-6-11(7-9-12)10-4-2-1-3-5-10/h1-4,6-9H. The summed E-state index contributed by atoms with van der Waals surface area (Å²) in [5, 5.41) is 0. The first-order valence-corrected chi connectivity index (χ1v) is 4.72. The predicted molar refractivity (Wildman–Crippen MR) is 55.7 cm³/mol. The molecule has 0 unspecified atom stereocenters. The van der Waals surface area contributed by atoms with E-state index in [4.69, 9.17) is 0 Å². The van der Waals surface area contributed by atoms with Crippen LogP contribution in [0.25, 0.3) is 11.1 Å². The van der Waals surface area contributed by atoms with Crippen molar-refractivity contribution in [2.75, 3.05) is 0 Å². The van der Waals surface area contributed by atoms with Crippen molar-refractivity contribution in [3.05, 3.63) is 60.2 Å². The lowest BCUT2D eigenvalue weighted by Crippen LogP contribution is -2.03. The molecule has 16 heavy (non-hydrogen) atoms. The highest BCUT2D eigenvalue weighted by molar-refractivity contribution is 5.62. The zero-order valence-electron chi connectivity index (χ0n) is 8.25. The molecule has 0 fully saturated rings. The van der Waals surface area contributed by atoms with E-state index < -0.39 is 11.7 Å². The zero-order chi connectivity index (χ0) is 11.6. The Bertz CT molecular complexity index is 455. The van der Waals surface area contributed by atoms with Crippen molar-refractivity contribution < 1.29 is 13.2 Å². The number of hydrogen-bond acceptors (Lipinski definition) is 0. The SMILES string of the molecule is FC(F)(F)c1ccc(-c2[c]cccc2)cc1. The topological polar surface area (TPSA) is 0 Å². The van der Waals surface area contributed by atoms with Gasteiger partial charge in [0.15, 0.2) is 0 Å². The van der Waals surface area contributed by atoms with E-state index in [1.54, 1.807) is 6.07 Å². The minimum atomic E-state index is -4.28. The third kappa shape index (κ3) is 2.24. The van der Waals surface area contributed by atoms with Crippen LogP contribution in [0.3, 0.4) is 0 Å². The van der Waals surface area contributed by atoms with Crippen LogP contribution in [-0.2, 0) is 6.18 Å². The van der Waals surface area contributed by atoms with Gasteiger partial charge >= 0.3 is 6.18 Å². The molecule has 2 aromatic rings. The molecule has 81 valence electrons. The fourth-order valence-electron chi connectivity index (χ4n) is 1.41. The zero-order valence-corrected chi connectivity index (χ0v) is 8.25. The van der Waals surface area contributed by atoms with Crippen molar-refractivity contribution in [2.24, 2.45) is 0 Å². The maximum absolute atomic E-state index is 12.3. The summed E-state index contributed by atoms with van der Waals surface area (Å²) >= 11 is 0. The van der Waals surface area contributed by atoms with Gasteiger partial charge in [0, 0.05) is 0 Å². The Morgan fingerprint density at radius 3 is 2.06 bits per heavy atom. The van der Waals surface area contributed by atoms with Gasteiger partial charge in [0.05, 0.1) is 5.56 Å². The molecule has 3 heteroatoms. The Labute approximate surface area is 91.4 Å². The first-order chi connectivity index (χ1) is 7.57. The van der Waals surface area contributed by atoms with E-state index in [9.17, 15) is 13.2 Å². The van der Waals surface area contributed by atoms with E-state index >= 15 is 0 Å². The number of rotatable bonds is 1. The van der Waals surface area contributed by atoms with Crippen LogP contribution in [0.15, 0.2) is 48.5 Å². The molecule has 0 aliphatic carbocycles. The van der Waals surface area contributed by atoms with Gasteiger partial charge in [0.1, 0.15) is 0 Å². The molecule has 2 rings (SSSR count). The minimum absolute atomic E-state index is 0.632. The van der Waals surface area contributed by atoms with Crippen molar-refractivity contribution in [1.82, 2.24) is 0 Å². The van der Waals surface area contributed by atoms with E-state index in [2.05, 4.69) is 6.07 Å². The second kappa shape index (κ2) is 4.00. The molecule has 1 radical (unpaired) electrons. The molecule has 0 saturated heterocycles. The lowest BCUT2D eigenvalue weighted by Gasteiger charge is -2.07. The largest absolute Gasteiger partial charge is 0.416 e. The van der Waals surface area contributed by atoms with Crippen molar-refractivity contribution >= 4 is 0 Å². The van der Waals surface area contributed by atoms with Crippen LogP contribution in [0, 0.1) is 6.07 Å². The van der Waals surface area contributed by atoms with Gasteiger partial charge in [-0.3, -0.25) is 0 Å². The second-order valence-corrected chi connectivity index (χ2v) is 3.35. The van der Waals surface area contributed by atoms with E-state index in [0.29, 0.717) is 0 Å². The molecule has 0 N–H and O–H groups in total. The summed E-state index contributed by atoms with van der Waals surface area (Å²) in [7, 11) is 0. The molecular weight excluding hydrogens is 213 g/mol. The molecule has 0 heterocycles. The maximum Gasteiger partial charge on any atom is 0.416 e. The summed E-state index contributed by atoms with van der Waals surface area (Å²) in [5.41, 5.74) is 0.886. The van der Waals surface area contributed by atoms with Gasteiger partial charge in [-0.1, -0.05) is 36.4 Å². The molecule has 0 aliphatic heterocycles. The van der Waals surface area contributed by atoms with Crippen molar-refractivity contribution in [2.45, 2.75) is 6.18 Å². The fourth-order valence-corrected chi connectivity index (χ4v) is 1.41. The average molecular weight is 221 g/mol. The van der Waals surface area contributed by atoms with Gasteiger partial charge in [0.2, 0.25) is 0 Å². The second-order valence-electron chi connectivity index (χ2n) is 3.35. The minimum Gasteiger partial charge on any atom is -0.166 e. The number of halogens is 3. The lowest BCUT2D eigenvalue weighted by molar-refractivity contribution is -0.137. The quantitative estimate of drug-likeness (QED) is 0.677. The van der Waals surface area contributed by atoms with E-state index in [1.165, 1.54) is 12.1 Å². The third-order valence-electron chi connectivity index (χ3n) is 2.23. The molecule has 0 atom stereocenters. The van der Waals surface area contributed by atoms with Gasteiger partial charge in [-0.25, -0.2) is 0 Å². The monoisotopic (exact) mass is 221 g/mol. The number of benzene rings is 2. The van der Waals surface area contributed by atoms with E-state index in [-0.39, 0.29) is 0 Å². The van der Waals surface area contributed by atoms with Gasteiger partial charge in [0.25, 0.3) is 0 Å². The Morgan fingerprint density at radius 1 is 0.875 bits per heavy atom. The summed E-state index contributed by atoms with van der Waals surface area (Å²) < 4.78 is 36.9. The highest BCUT2D eigenvalue weighted by atomic mass is 19.4. The average Bonchev–Trinajstić information content (AvgIpc) is 2.29. The first kappa shape index (κ1) is 10.7.